The molecule has 0 bridgehead atoms. The third kappa shape index (κ3) is 4.43. The smallest absolute Gasteiger partial charge is 0.185 e. The molecule has 0 atom stereocenters. The highest BCUT2D eigenvalue weighted by Gasteiger charge is 2.04. The van der Waals surface area contributed by atoms with Gasteiger partial charge in [0, 0.05) is 5.56 Å². The first-order valence-electron chi connectivity index (χ1n) is 7.85. The molecule has 0 N–H and O–H groups in total. The van der Waals surface area contributed by atoms with E-state index in [4.69, 9.17) is 4.74 Å². The molecule has 0 unspecified atom stereocenters. The summed E-state index contributed by atoms with van der Waals surface area (Å²) in [6.45, 7) is 0.484. The van der Waals surface area contributed by atoms with E-state index in [1.807, 2.05) is 78.9 Å². The minimum Gasteiger partial charge on any atom is -0.489 e. The van der Waals surface area contributed by atoms with Gasteiger partial charge in [0.25, 0.3) is 0 Å². The lowest BCUT2D eigenvalue weighted by atomic mass is 10.1. The van der Waals surface area contributed by atoms with Crippen LogP contribution in [0.5, 0.6) is 5.75 Å². The van der Waals surface area contributed by atoms with E-state index >= 15 is 0 Å². The number of rotatable bonds is 6. The normalized spacial score (nSPS) is 10.7. The van der Waals surface area contributed by atoms with Crippen LogP contribution in [-0.4, -0.2) is 5.78 Å². The van der Waals surface area contributed by atoms with Crippen molar-refractivity contribution >= 4 is 11.9 Å². The zero-order valence-corrected chi connectivity index (χ0v) is 13.3. The van der Waals surface area contributed by atoms with E-state index < -0.39 is 0 Å². The van der Waals surface area contributed by atoms with Crippen molar-refractivity contribution in [3.05, 3.63) is 108 Å². The van der Waals surface area contributed by atoms with Gasteiger partial charge in [-0.05, 0) is 29.3 Å². The number of ketones is 1. The van der Waals surface area contributed by atoms with E-state index in [1.165, 1.54) is 0 Å². The van der Waals surface area contributed by atoms with Crippen molar-refractivity contribution < 1.29 is 9.53 Å². The second-order valence-electron chi connectivity index (χ2n) is 5.41. The Balaban J connectivity index is 1.66. The van der Waals surface area contributed by atoms with E-state index in [9.17, 15) is 4.79 Å². The Kier molecular flexibility index (Phi) is 5.21. The molecule has 0 aliphatic rings. The Bertz CT molecular complexity index is 821. The molecule has 0 aliphatic carbocycles. The maximum atomic E-state index is 12.3. The number of hydrogen-bond donors (Lipinski definition) is 0. The van der Waals surface area contributed by atoms with E-state index in [0.717, 1.165) is 11.1 Å². The summed E-state index contributed by atoms with van der Waals surface area (Å²) in [6.07, 6.45) is 3.41. The number of carbonyl (C=O) groups excluding carboxylic acids is 1. The minimum absolute atomic E-state index is 0.0379. The van der Waals surface area contributed by atoms with Crippen LogP contribution in [-0.2, 0) is 6.61 Å². The van der Waals surface area contributed by atoms with Crippen molar-refractivity contribution in [1.29, 1.82) is 0 Å². The van der Waals surface area contributed by atoms with Crippen LogP contribution in [0.15, 0.2) is 91.0 Å². The molecule has 0 radical (unpaired) electrons. The number of hydrogen-bond acceptors (Lipinski definition) is 2. The van der Waals surface area contributed by atoms with Gasteiger partial charge in [-0.2, -0.15) is 0 Å². The summed E-state index contributed by atoms with van der Waals surface area (Å²) < 4.78 is 5.77. The van der Waals surface area contributed by atoms with Crippen LogP contribution in [0.4, 0.5) is 0 Å². The van der Waals surface area contributed by atoms with Gasteiger partial charge in [0.2, 0.25) is 0 Å². The molecule has 24 heavy (non-hydrogen) atoms. The second kappa shape index (κ2) is 7.93. The zero-order valence-electron chi connectivity index (χ0n) is 13.3. The molecule has 0 aliphatic heterocycles. The first kappa shape index (κ1) is 15.8. The fraction of sp³-hybridized carbons (Fsp3) is 0.0455. The quantitative estimate of drug-likeness (QED) is 0.464. The molecule has 0 heterocycles. The van der Waals surface area contributed by atoms with Crippen molar-refractivity contribution in [2.24, 2.45) is 0 Å². The van der Waals surface area contributed by atoms with Crippen LogP contribution in [0.25, 0.3) is 6.08 Å². The molecule has 3 aromatic carbocycles. The predicted octanol–water partition coefficient (Wildman–Crippen LogP) is 5.16. The van der Waals surface area contributed by atoms with Gasteiger partial charge in [0.15, 0.2) is 5.78 Å². The maximum Gasteiger partial charge on any atom is 0.185 e. The summed E-state index contributed by atoms with van der Waals surface area (Å²) in [7, 11) is 0. The van der Waals surface area contributed by atoms with Gasteiger partial charge in [0.05, 0.1) is 0 Å². The summed E-state index contributed by atoms with van der Waals surface area (Å²) in [4.78, 5) is 12.3. The van der Waals surface area contributed by atoms with E-state index in [1.54, 1.807) is 18.2 Å². The molecular formula is C22H18O2. The molecule has 0 aromatic heterocycles. The van der Waals surface area contributed by atoms with Crippen LogP contribution < -0.4 is 4.74 Å². The van der Waals surface area contributed by atoms with E-state index in [0.29, 0.717) is 17.9 Å². The average Bonchev–Trinajstić information content (AvgIpc) is 2.66. The van der Waals surface area contributed by atoms with Crippen molar-refractivity contribution in [3.63, 3.8) is 0 Å². The van der Waals surface area contributed by atoms with Gasteiger partial charge in [-0.15, -0.1) is 0 Å². The third-order valence-corrected chi connectivity index (χ3v) is 3.59. The molecule has 2 heteroatoms. The van der Waals surface area contributed by atoms with Crippen LogP contribution >= 0.6 is 0 Å². The molecule has 0 spiro atoms. The Morgan fingerprint density at radius 1 is 0.833 bits per heavy atom. The highest BCUT2D eigenvalue weighted by Crippen LogP contribution is 2.16. The van der Waals surface area contributed by atoms with Crippen LogP contribution in [0.3, 0.4) is 0 Å². The third-order valence-electron chi connectivity index (χ3n) is 3.59. The van der Waals surface area contributed by atoms with Crippen molar-refractivity contribution in [3.8, 4) is 5.75 Å². The van der Waals surface area contributed by atoms with Crippen LogP contribution in [0, 0.1) is 0 Å². The Labute approximate surface area is 142 Å². The molecule has 0 saturated heterocycles. The average molecular weight is 314 g/mol. The van der Waals surface area contributed by atoms with Gasteiger partial charge in [-0.3, -0.25) is 4.79 Å². The molecule has 0 fully saturated rings. The SMILES string of the molecule is O=C(/C=C/c1ccccc1)c1cccc(OCc2ccccc2)c1. The van der Waals surface area contributed by atoms with Gasteiger partial charge in [-0.1, -0.05) is 78.9 Å². The molecule has 2 nitrogen and oxygen atoms in total. The molecule has 3 aromatic rings. The van der Waals surface area contributed by atoms with Gasteiger partial charge in [0.1, 0.15) is 12.4 Å². The fourth-order valence-corrected chi connectivity index (χ4v) is 2.31. The van der Waals surface area contributed by atoms with Gasteiger partial charge >= 0.3 is 0 Å². The number of allylic oxidation sites excluding steroid dienone is 1. The van der Waals surface area contributed by atoms with Crippen LogP contribution in [0.1, 0.15) is 21.5 Å². The monoisotopic (exact) mass is 314 g/mol. The lowest BCUT2D eigenvalue weighted by molar-refractivity contribution is 0.104. The second-order valence-corrected chi connectivity index (χ2v) is 5.41. The predicted molar refractivity (Wildman–Crippen MR) is 97.0 cm³/mol. The van der Waals surface area contributed by atoms with Crippen LogP contribution in [0.2, 0.25) is 0 Å². The largest absolute Gasteiger partial charge is 0.489 e. The highest BCUT2D eigenvalue weighted by molar-refractivity contribution is 6.07. The Hall–Kier alpha value is -3.13. The zero-order chi connectivity index (χ0) is 16.6. The molecule has 118 valence electrons. The van der Waals surface area contributed by atoms with Gasteiger partial charge < -0.3 is 4.74 Å². The Morgan fingerprint density at radius 2 is 1.54 bits per heavy atom. The molecule has 0 saturated carbocycles. The first-order valence-corrected chi connectivity index (χ1v) is 7.85. The van der Waals surface area contributed by atoms with Crippen molar-refractivity contribution in [2.45, 2.75) is 6.61 Å². The van der Waals surface area contributed by atoms with Gasteiger partial charge in [-0.25, -0.2) is 0 Å². The lowest BCUT2D eigenvalue weighted by Gasteiger charge is -2.07. The Morgan fingerprint density at radius 3 is 2.29 bits per heavy atom. The molecular weight excluding hydrogens is 296 g/mol. The standard InChI is InChI=1S/C22H18O2/c23-22(15-14-18-8-3-1-4-9-18)20-12-7-13-21(16-20)24-17-19-10-5-2-6-11-19/h1-16H,17H2/b15-14+. The topological polar surface area (TPSA) is 26.3 Å². The summed E-state index contributed by atoms with van der Waals surface area (Å²) >= 11 is 0. The number of benzene rings is 3. The first-order chi connectivity index (χ1) is 11.8. The summed E-state index contributed by atoms with van der Waals surface area (Å²) in [5.41, 5.74) is 2.72. The van der Waals surface area contributed by atoms with E-state index in [2.05, 4.69) is 0 Å². The summed E-state index contributed by atoms with van der Waals surface area (Å²) in [5, 5.41) is 0. The fourth-order valence-electron chi connectivity index (χ4n) is 2.31. The lowest BCUT2D eigenvalue weighted by Crippen LogP contribution is -1.98. The maximum absolute atomic E-state index is 12.3. The summed E-state index contributed by atoms with van der Waals surface area (Å²) in [5.74, 6) is 0.654. The highest BCUT2D eigenvalue weighted by atomic mass is 16.5. The molecule has 3 rings (SSSR count). The summed E-state index contributed by atoms with van der Waals surface area (Å²) in [6, 6.07) is 27.0. The minimum atomic E-state index is -0.0379. The number of carbonyl (C=O) groups is 1. The molecule has 0 amide bonds. The van der Waals surface area contributed by atoms with Crippen molar-refractivity contribution in [1.82, 2.24) is 0 Å². The van der Waals surface area contributed by atoms with Crippen molar-refractivity contribution in [2.75, 3.05) is 0 Å². The van der Waals surface area contributed by atoms with E-state index in [-0.39, 0.29) is 5.78 Å². The number of ether oxygens (including phenoxy) is 1.